The molecule has 2 rings (SSSR count). The van der Waals surface area contributed by atoms with Gasteiger partial charge in [-0.05, 0) is 29.8 Å². The summed E-state index contributed by atoms with van der Waals surface area (Å²) in [5.74, 6) is -2.18. The van der Waals surface area contributed by atoms with Gasteiger partial charge in [-0.25, -0.2) is 4.39 Å². The van der Waals surface area contributed by atoms with Crippen LogP contribution in [0, 0.1) is 5.82 Å². The highest BCUT2D eigenvalue weighted by Crippen LogP contribution is 2.19. The van der Waals surface area contributed by atoms with Crippen molar-refractivity contribution in [3.8, 4) is 0 Å². The van der Waals surface area contributed by atoms with E-state index in [1.807, 2.05) is 0 Å². The van der Waals surface area contributed by atoms with E-state index >= 15 is 0 Å². The molecule has 0 radical (unpaired) electrons. The smallest absolute Gasteiger partial charge is 0.307 e. The Morgan fingerprint density at radius 1 is 1.19 bits per heavy atom. The van der Waals surface area contributed by atoms with Crippen LogP contribution in [0.15, 0.2) is 42.5 Å². The van der Waals surface area contributed by atoms with Gasteiger partial charge < -0.3 is 16.2 Å². The van der Waals surface area contributed by atoms with Crippen molar-refractivity contribution in [2.24, 2.45) is 0 Å². The van der Waals surface area contributed by atoms with Crippen molar-refractivity contribution in [2.75, 3.05) is 11.1 Å². The zero-order valence-corrected chi connectivity index (χ0v) is 11.0. The van der Waals surface area contributed by atoms with E-state index in [9.17, 15) is 14.0 Å². The normalized spacial score (nSPS) is 10.1. The van der Waals surface area contributed by atoms with E-state index in [-0.39, 0.29) is 17.7 Å². The zero-order valence-electron chi connectivity index (χ0n) is 11.0. The summed E-state index contributed by atoms with van der Waals surface area (Å²) in [5, 5.41) is 11.4. The van der Waals surface area contributed by atoms with Crippen LogP contribution >= 0.6 is 0 Å². The van der Waals surface area contributed by atoms with Crippen LogP contribution in [0.4, 0.5) is 15.8 Å². The van der Waals surface area contributed by atoms with Gasteiger partial charge in [-0.2, -0.15) is 0 Å². The maximum absolute atomic E-state index is 13.2. The number of rotatable bonds is 4. The van der Waals surface area contributed by atoms with Crippen LogP contribution in [-0.4, -0.2) is 17.0 Å². The number of carbonyl (C=O) groups is 2. The molecule has 4 N–H and O–H groups in total. The van der Waals surface area contributed by atoms with Crippen molar-refractivity contribution in [3.63, 3.8) is 0 Å². The predicted molar refractivity (Wildman–Crippen MR) is 76.5 cm³/mol. The molecule has 0 aliphatic rings. The maximum Gasteiger partial charge on any atom is 0.307 e. The average molecular weight is 288 g/mol. The molecule has 0 fully saturated rings. The van der Waals surface area contributed by atoms with Gasteiger partial charge in [0.05, 0.1) is 12.0 Å². The molecular formula is C15H13FN2O3. The molecule has 0 heterocycles. The number of carboxylic acids is 1. The molecule has 0 aliphatic heterocycles. The number of hydrogen-bond donors (Lipinski definition) is 3. The number of halogens is 1. The molecule has 2 aromatic rings. The van der Waals surface area contributed by atoms with Gasteiger partial charge in [0.25, 0.3) is 5.91 Å². The number of nitrogens with two attached hydrogens (primary N) is 1. The first-order chi connectivity index (χ1) is 9.97. The summed E-state index contributed by atoms with van der Waals surface area (Å²) in [6.07, 6.45) is -0.227. The number of aliphatic carboxylic acids is 1. The van der Waals surface area contributed by atoms with Crippen molar-refractivity contribution in [2.45, 2.75) is 6.42 Å². The molecule has 2 aromatic carbocycles. The van der Waals surface area contributed by atoms with Gasteiger partial charge in [0.15, 0.2) is 0 Å². The van der Waals surface area contributed by atoms with Crippen molar-refractivity contribution in [1.29, 1.82) is 0 Å². The Morgan fingerprint density at radius 2 is 1.90 bits per heavy atom. The lowest BCUT2D eigenvalue weighted by atomic mass is 10.1. The number of nitrogen functional groups attached to an aromatic ring is 1. The third kappa shape index (κ3) is 3.56. The Hall–Kier alpha value is -2.89. The van der Waals surface area contributed by atoms with Gasteiger partial charge in [0.2, 0.25) is 0 Å². The highest BCUT2D eigenvalue weighted by atomic mass is 19.1. The molecular weight excluding hydrogens is 275 g/mol. The van der Waals surface area contributed by atoms with Gasteiger partial charge in [-0.3, -0.25) is 9.59 Å². The summed E-state index contributed by atoms with van der Waals surface area (Å²) < 4.78 is 13.2. The Bertz CT molecular complexity index is 701. The minimum Gasteiger partial charge on any atom is -0.481 e. The van der Waals surface area contributed by atoms with E-state index in [0.717, 1.165) is 12.1 Å². The van der Waals surface area contributed by atoms with E-state index in [2.05, 4.69) is 5.32 Å². The molecule has 1 amide bonds. The molecule has 0 spiro atoms. The lowest BCUT2D eigenvalue weighted by molar-refractivity contribution is -0.136. The van der Waals surface area contributed by atoms with Crippen LogP contribution < -0.4 is 11.1 Å². The van der Waals surface area contributed by atoms with Gasteiger partial charge in [-0.15, -0.1) is 0 Å². The number of carbonyl (C=O) groups excluding carboxylic acids is 1. The second-order valence-electron chi connectivity index (χ2n) is 4.41. The first kappa shape index (κ1) is 14.5. The lowest BCUT2D eigenvalue weighted by Gasteiger charge is -2.11. The van der Waals surface area contributed by atoms with Gasteiger partial charge in [-0.1, -0.05) is 18.2 Å². The van der Waals surface area contributed by atoms with Crippen LogP contribution in [0.3, 0.4) is 0 Å². The molecule has 108 valence electrons. The topological polar surface area (TPSA) is 92.4 Å². The number of benzene rings is 2. The quantitative estimate of drug-likeness (QED) is 0.752. The summed E-state index contributed by atoms with van der Waals surface area (Å²) in [4.78, 5) is 22.9. The molecule has 0 bridgehead atoms. The SMILES string of the molecule is Nc1ccc(F)cc1C(=O)Nc1ccccc1CC(=O)O. The average Bonchev–Trinajstić information content (AvgIpc) is 2.43. The Balaban J connectivity index is 2.27. The highest BCUT2D eigenvalue weighted by Gasteiger charge is 2.14. The first-order valence-electron chi connectivity index (χ1n) is 6.13. The second-order valence-corrected chi connectivity index (χ2v) is 4.41. The summed E-state index contributed by atoms with van der Waals surface area (Å²) >= 11 is 0. The predicted octanol–water partition coefficient (Wildman–Crippen LogP) is 2.29. The molecule has 5 nitrogen and oxygen atoms in total. The zero-order chi connectivity index (χ0) is 15.4. The fourth-order valence-electron chi connectivity index (χ4n) is 1.87. The minimum atomic E-state index is -1.01. The van der Waals surface area contributed by atoms with Gasteiger partial charge >= 0.3 is 5.97 Å². The molecule has 0 aliphatic carbocycles. The number of hydrogen-bond acceptors (Lipinski definition) is 3. The molecule has 0 saturated carbocycles. The Labute approximate surface area is 120 Å². The van der Waals surface area contributed by atoms with E-state index in [1.54, 1.807) is 24.3 Å². The largest absolute Gasteiger partial charge is 0.481 e. The monoisotopic (exact) mass is 288 g/mol. The van der Waals surface area contributed by atoms with Crippen LogP contribution in [0.5, 0.6) is 0 Å². The van der Waals surface area contributed by atoms with Crippen molar-refractivity contribution < 1.29 is 19.1 Å². The molecule has 0 saturated heterocycles. The van der Waals surface area contributed by atoms with E-state index in [0.29, 0.717) is 11.3 Å². The van der Waals surface area contributed by atoms with Crippen LogP contribution in [-0.2, 0) is 11.2 Å². The maximum atomic E-state index is 13.2. The summed E-state index contributed by atoms with van der Waals surface area (Å²) in [5.41, 5.74) is 6.59. The fraction of sp³-hybridized carbons (Fsp3) is 0.0667. The van der Waals surface area contributed by atoms with Gasteiger partial charge in [0, 0.05) is 11.4 Å². The Kier molecular flexibility index (Phi) is 4.18. The third-order valence-electron chi connectivity index (χ3n) is 2.87. The van der Waals surface area contributed by atoms with E-state index < -0.39 is 17.7 Å². The van der Waals surface area contributed by atoms with Gasteiger partial charge in [0.1, 0.15) is 5.82 Å². The number of carboxylic acid groups (broad SMARTS) is 1. The number of amides is 1. The lowest BCUT2D eigenvalue weighted by Crippen LogP contribution is -2.16. The molecule has 0 unspecified atom stereocenters. The van der Waals surface area contributed by atoms with Crippen molar-refractivity contribution >= 4 is 23.3 Å². The fourth-order valence-corrected chi connectivity index (χ4v) is 1.87. The highest BCUT2D eigenvalue weighted by molar-refractivity contribution is 6.08. The van der Waals surface area contributed by atoms with Crippen molar-refractivity contribution in [1.82, 2.24) is 0 Å². The third-order valence-corrected chi connectivity index (χ3v) is 2.87. The van der Waals surface area contributed by atoms with Crippen LogP contribution in [0.2, 0.25) is 0 Å². The molecule has 0 aromatic heterocycles. The minimum absolute atomic E-state index is 0.000119. The Morgan fingerprint density at radius 3 is 2.62 bits per heavy atom. The number of anilines is 2. The summed E-state index contributed by atoms with van der Waals surface area (Å²) in [7, 11) is 0. The van der Waals surface area contributed by atoms with Crippen LogP contribution in [0.25, 0.3) is 0 Å². The summed E-state index contributed by atoms with van der Waals surface area (Å²) in [6, 6.07) is 9.99. The van der Waals surface area contributed by atoms with E-state index in [4.69, 9.17) is 10.8 Å². The molecule has 6 heteroatoms. The molecule has 21 heavy (non-hydrogen) atoms. The second kappa shape index (κ2) is 6.04. The number of nitrogens with one attached hydrogen (secondary N) is 1. The van der Waals surface area contributed by atoms with Crippen molar-refractivity contribution in [3.05, 3.63) is 59.4 Å². The first-order valence-corrected chi connectivity index (χ1v) is 6.13. The number of para-hydroxylation sites is 1. The van der Waals surface area contributed by atoms with Crippen LogP contribution in [0.1, 0.15) is 15.9 Å². The summed E-state index contributed by atoms with van der Waals surface area (Å²) in [6.45, 7) is 0. The van der Waals surface area contributed by atoms with E-state index in [1.165, 1.54) is 6.07 Å². The standard InChI is InChI=1S/C15H13FN2O3/c16-10-5-6-12(17)11(8-10)15(21)18-13-4-2-1-3-9(13)7-14(19)20/h1-6,8H,7,17H2,(H,18,21)(H,19,20). The molecule has 0 atom stereocenters.